The molecule has 0 bridgehead atoms. The lowest BCUT2D eigenvalue weighted by molar-refractivity contribution is 0.0924. The third kappa shape index (κ3) is 4.55. The van der Waals surface area contributed by atoms with Crippen molar-refractivity contribution in [2.45, 2.75) is 12.5 Å². The number of aromatic nitrogens is 2. The minimum atomic E-state index is -0.639. The summed E-state index contributed by atoms with van der Waals surface area (Å²) in [5.41, 5.74) is 1.60. The third-order valence-corrected chi connectivity index (χ3v) is 4.76. The Balaban J connectivity index is 1.64. The van der Waals surface area contributed by atoms with Gasteiger partial charge in [-0.3, -0.25) is 4.79 Å². The van der Waals surface area contributed by atoms with Crippen molar-refractivity contribution in [3.8, 4) is 11.4 Å². The van der Waals surface area contributed by atoms with Crippen molar-refractivity contribution >= 4 is 17.5 Å². The van der Waals surface area contributed by atoms with E-state index in [1.54, 1.807) is 24.3 Å². The molecule has 1 atom stereocenters. The zero-order valence-corrected chi connectivity index (χ0v) is 16.5. The molecule has 3 aromatic carbocycles. The molecular weight excluding hydrogens is 405 g/mol. The molecule has 0 fully saturated rings. The van der Waals surface area contributed by atoms with Gasteiger partial charge in [0, 0.05) is 17.0 Å². The molecule has 0 aliphatic rings. The number of hydrogen-bond acceptors (Lipinski definition) is 4. The monoisotopic (exact) mass is 421 g/mol. The molecule has 0 aliphatic heterocycles. The first-order chi connectivity index (χ1) is 14.6. The van der Waals surface area contributed by atoms with Crippen LogP contribution in [0.2, 0.25) is 5.02 Å². The first-order valence-corrected chi connectivity index (χ1v) is 9.67. The lowest BCUT2D eigenvalue weighted by Crippen LogP contribution is -2.30. The molecule has 1 N–H and O–H groups in total. The van der Waals surface area contributed by atoms with E-state index in [0.29, 0.717) is 22.8 Å². The average molecular weight is 422 g/mol. The number of nitrogens with zero attached hydrogens (tertiary/aromatic N) is 2. The average Bonchev–Trinajstić information content (AvgIpc) is 3.25. The molecule has 5 nitrogen and oxygen atoms in total. The number of benzene rings is 3. The topological polar surface area (TPSA) is 68.0 Å². The number of halogens is 2. The van der Waals surface area contributed by atoms with Crippen LogP contribution in [-0.4, -0.2) is 16.0 Å². The zero-order chi connectivity index (χ0) is 20.9. The summed E-state index contributed by atoms with van der Waals surface area (Å²) in [6, 6.07) is 21.8. The van der Waals surface area contributed by atoms with Crippen LogP contribution in [0.25, 0.3) is 11.4 Å². The van der Waals surface area contributed by atoms with Gasteiger partial charge in [0.1, 0.15) is 11.9 Å². The Morgan fingerprint density at radius 3 is 2.57 bits per heavy atom. The molecule has 150 valence electrons. The van der Waals surface area contributed by atoms with Crippen LogP contribution in [0.5, 0.6) is 0 Å². The van der Waals surface area contributed by atoms with E-state index in [1.165, 1.54) is 18.2 Å². The fourth-order valence-electron chi connectivity index (χ4n) is 3.05. The number of nitrogens with one attached hydrogen (secondary N) is 1. The first kappa shape index (κ1) is 19.8. The van der Waals surface area contributed by atoms with Crippen molar-refractivity contribution in [3.05, 3.63) is 107 Å². The summed E-state index contributed by atoms with van der Waals surface area (Å²) < 4.78 is 19.5. The molecule has 30 heavy (non-hydrogen) atoms. The minimum Gasteiger partial charge on any atom is -0.340 e. The largest absolute Gasteiger partial charge is 0.340 e. The fourth-order valence-corrected chi connectivity index (χ4v) is 3.24. The number of carbonyl (C=O) groups is 1. The van der Waals surface area contributed by atoms with Gasteiger partial charge in [0.2, 0.25) is 11.7 Å². The Kier molecular flexibility index (Phi) is 5.86. The SMILES string of the molecule is O=C(NC(Cc1ccccc1)c1nc(-c2cccc(Cl)c2)no1)c1ccccc1F. The van der Waals surface area contributed by atoms with E-state index in [1.807, 2.05) is 36.4 Å². The molecule has 0 saturated heterocycles. The van der Waals surface area contributed by atoms with E-state index in [0.717, 1.165) is 5.56 Å². The van der Waals surface area contributed by atoms with E-state index in [9.17, 15) is 9.18 Å². The van der Waals surface area contributed by atoms with Crippen LogP contribution >= 0.6 is 11.6 Å². The Morgan fingerprint density at radius 1 is 1.03 bits per heavy atom. The number of rotatable bonds is 6. The normalized spacial score (nSPS) is 11.8. The summed E-state index contributed by atoms with van der Waals surface area (Å²) in [6.07, 6.45) is 0.401. The van der Waals surface area contributed by atoms with E-state index >= 15 is 0 Å². The summed E-state index contributed by atoms with van der Waals surface area (Å²) in [4.78, 5) is 17.1. The van der Waals surface area contributed by atoms with Gasteiger partial charge in [-0.15, -0.1) is 0 Å². The minimum absolute atomic E-state index is 0.0508. The van der Waals surface area contributed by atoms with Crippen molar-refractivity contribution in [3.63, 3.8) is 0 Å². The molecule has 7 heteroatoms. The second-order valence-electron chi connectivity index (χ2n) is 6.66. The van der Waals surface area contributed by atoms with Crippen LogP contribution in [0.15, 0.2) is 83.4 Å². The van der Waals surface area contributed by atoms with Gasteiger partial charge < -0.3 is 9.84 Å². The second kappa shape index (κ2) is 8.88. The Bertz CT molecular complexity index is 1160. The summed E-state index contributed by atoms with van der Waals surface area (Å²) in [7, 11) is 0. The highest BCUT2D eigenvalue weighted by molar-refractivity contribution is 6.30. The lowest BCUT2D eigenvalue weighted by atomic mass is 10.0. The van der Waals surface area contributed by atoms with Crippen LogP contribution < -0.4 is 5.32 Å². The smallest absolute Gasteiger partial charge is 0.254 e. The number of hydrogen-bond donors (Lipinski definition) is 1. The van der Waals surface area contributed by atoms with Crippen LogP contribution in [0.1, 0.15) is 27.9 Å². The number of carbonyl (C=O) groups excluding carboxylic acids is 1. The molecule has 1 aromatic heterocycles. The maximum absolute atomic E-state index is 14.1. The molecule has 0 saturated carbocycles. The molecule has 0 aliphatic carbocycles. The summed E-state index contributed by atoms with van der Waals surface area (Å²) in [5.74, 6) is -0.584. The van der Waals surface area contributed by atoms with Crippen LogP contribution in [0.4, 0.5) is 4.39 Å². The molecule has 0 spiro atoms. The first-order valence-electron chi connectivity index (χ1n) is 9.29. The molecular formula is C23H17ClFN3O2. The fraction of sp³-hybridized carbons (Fsp3) is 0.0870. The quantitative estimate of drug-likeness (QED) is 0.462. The van der Waals surface area contributed by atoms with Crippen LogP contribution in [0, 0.1) is 5.82 Å². The molecule has 4 aromatic rings. The van der Waals surface area contributed by atoms with E-state index < -0.39 is 17.8 Å². The maximum atomic E-state index is 14.1. The Morgan fingerprint density at radius 2 is 1.80 bits per heavy atom. The summed E-state index contributed by atoms with van der Waals surface area (Å²) in [6.45, 7) is 0. The van der Waals surface area contributed by atoms with Gasteiger partial charge in [-0.05, 0) is 29.8 Å². The molecule has 4 rings (SSSR count). The summed E-state index contributed by atoms with van der Waals surface area (Å²) in [5, 5.41) is 7.38. The van der Waals surface area contributed by atoms with Crippen molar-refractivity contribution in [1.29, 1.82) is 0 Å². The van der Waals surface area contributed by atoms with Crippen molar-refractivity contribution in [2.24, 2.45) is 0 Å². The van der Waals surface area contributed by atoms with Crippen LogP contribution in [-0.2, 0) is 6.42 Å². The number of amides is 1. The second-order valence-corrected chi connectivity index (χ2v) is 7.10. The van der Waals surface area contributed by atoms with Gasteiger partial charge >= 0.3 is 0 Å². The van der Waals surface area contributed by atoms with E-state index in [2.05, 4.69) is 15.5 Å². The third-order valence-electron chi connectivity index (χ3n) is 4.53. The molecule has 1 heterocycles. The highest BCUT2D eigenvalue weighted by atomic mass is 35.5. The van der Waals surface area contributed by atoms with Crippen LogP contribution in [0.3, 0.4) is 0 Å². The van der Waals surface area contributed by atoms with E-state index in [4.69, 9.17) is 16.1 Å². The Labute approximate surface area is 177 Å². The lowest BCUT2D eigenvalue weighted by Gasteiger charge is -2.15. The Hall–Kier alpha value is -3.51. The highest BCUT2D eigenvalue weighted by Crippen LogP contribution is 2.24. The van der Waals surface area contributed by atoms with Crippen molar-refractivity contribution < 1.29 is 13.7 Å². The predicted molar refractivity (Wildman–Crippen MR) is 111 cm³/mol. The standard InChI is InChI=1S/C23H17ClFN3O2/c24-17-10-6-9-16(14-17)21-27-23(30-28-21)20(13-15-7-2-1-3-8-15)26-22(29)18-11-4-5-12-19(18)25/h1-12,14,20H,13H2,(H,26,29). The molecule has 0 radical (unpaired) electrons. The van der Waals surface area contributed by atoms with Gasteiger partial charge in [-0.25, -0.2) is 4.39 Å². The molecule has 1 unspecified atom stereocenters. The predicted octanol–water partition coefficient (Wildman–Crippen LogP) is 5.24. The van der Waals surface area contributed by atoms with Gasteiger partial charge in [-0.2, -0.15) is 4.98 Å². The van der Waals surface area contributed by atoms with Gasteiger partial charge in [0.15, 0.2) is 0 Å². The zero-order valence-electron chi connectivity index (χ0n) is 15.8. The van der Waals surface area contributed by atoms with E-state index in [-0.39, 0.29) is 11.5 Å². The van der Waals surface area contributed by atoms with Gasteiger partial charge in [0.25, 0.3) is 5.91 Å². The van der Waals surface area contributed by atoms with Crippen molar-refractivity contribution in [1.82, 2.24) is 15.5 Å². The highest BCUT2D eigenvalue weighted by Gasteiger charge is 2.24. The molecule has 1 amide bonds. The van der Waals surface area contributed by atoms with Gasteiger partial charge in [-0.1, -0.05) is 71.4 Å². The summed E-state index contributed by atoms with van der Waals surface area (Å²) >= 11 is 6.04. The van der Waals surface area contributed by atoms with Crippen molar-refractivity contribution in [2.75, 3.05) is 0 Å². The maximum Gasteiger partial charge on any atom is 0.254 e. The van der Waals surface area contributed by atoms with Gasteiger partial charge in [0.05, 0.1) is 5.56 Å².